The summed E-state index contributed by atoms with van der Waals surface area (Å²) in [6.45, 7) is 4.21. The molecule has 0 saturated heterocycles. The highest BCUT2D eigenvalue weighted by molar-refractivity contribution is 6.09. The number of ether oxygens (including phenoxy) is 1. The number of fused-ring (bicyclic) bond motifs is 1. The van der Waals surface area contributed by atoms with Crippen molar-refractivity contribution in [2.45, 2.75) is 37.7 Å². The molecule has 2 aromatic carbocycles. The zero-order valence-electron chi connectivity index (χ0n) is 17.0. The summed E-state index contributed by atoms with van der Waals surface area (Å²) < 4.78 is 5.38. The molecular weight excluding hydrogens is 352 g/mol. The van der Waals surface area contributed by atoms with Crippen molar-refractivity contribution in [3.8, 4) is 0 Å². The molecule has 2 amide bonds. The molecule has 0 radical (unpaired) electrons. The normalized spacial score (nSPS) is 18.9. The topological polar surface area (TPSA) is 58.6 Å². The van der Waals surface area contributed by atoms with Crippen LogP contribution < -0.4 is 10.2 Å². The Morgan fingerprint density at radius 2 is 1.75 bits per heavy atom. The number of nitrogens with one attached hydrogen (secondary N) is 1. The van der Waals surface area contributed by atoms with Gasteiger partial charge in [-0.05, 0) is 37.5 Å². The lowest BCUT2D eigenvalue weighted by Gasteiger charge is -2.29. The number of nitrogens with zero attached hydrogens (tertiary/aromatic N) is 1. The molecule has 1 N–H and O–H groups in total. The molecule has 5 heteroatoms. The van der Waals surface area contributed by atoms with E-state index in [9.17, 15) is 9.59 Å². The fraction of sp³-hybridized carbons (Fsp3) is 0.391. The Bertz CT molecular complexity index is 863. The molecule has 148 valence electrons. The highest BCUT2D eigenvalue weighted by atomic mass is 16.5. The van der Waals surface area contributed by atoms with E-state index in [1.807, 2.05) is 68.4 Å². The minimum atomic E-state index is -0.909. The molecule has 1 atom stereocenters. The van der Waals surface area contributed by atoms with Crippen LogP contribution in [0.15, 0.2) is 54.6 Å². The number of benzene rings is 2. The van der Waals surface area contributed by atoms with Gasteiger partial charge >= 0.3 is 0 Å². The largest absolute Gasteiger partial charge is 0.377 e. The van der Waals surface area contributed by atoms with Crippen LogP contribution in [0.3, 0.4) is 0 Å². The quantitative estimate of drug-likeness (QED) is 0.803. The standard InChI is InChI=1S/C23H28N2O3/c1-22(2,28-4)16-24-20(26)15-23(14-17-10-6-5-7-11-17)18-12-8-9-13-19(18)25(3)21(23)27/h5-13H,14-16H2,1-4H3,(H,24,26). The molecule has 1 aliphatic heterocycles. The Kier molecular flexibility index (Phi) is 5.57. The third-order valence-corrected chi connectivity index (χ3v) is 5.57. The molecule has 0 aliphatic carbocycles. The van der Waals surface area contributed by atoms with Crippen molar-refractivity contribution in [3.05, 3.63) is 65.7 Å². The summed E-state index contributed by atoms with van der Waals surface area (Å²) in [5, 5.41) is 2.94. The number of carbonyl (C=O) groups is 2. The molecule has 1 heterocycles. The minimum absolute atomic E-state index is 0.0429. The SMILES string of the molecule is COC(C)(C)CNC(=O)CC1(Cc2ccccc2)C(=O)N(C)c2ccccc21. The second-order valence-electron chi connectivity index (χ2n) is 8.04. The number of carbonyl (C=O) groups excluding carboxylic acids is 2. The van der Waals surface area contributed by atoms with Crippen molar-refractivity contribution in [1.82, 2.24) is 5.32 Å². The lowest BCUT2D eigenvalue weighted by Crippen LogP contribution is -2.46. The first kappa shape index (κ1) is 20.1. The third-order valence-electron chi connectivity index (χ3n) is 5.57. The average Bonchev–Trinajstić information content (AvgIpc) is 2.90. The van der Waals surface area contributed by atoms with E-state index < -0.39 is 11.0 Å². The summed E-state index contributed by atoms with van der Waals surface area (Å²) in [4.78, 5) is 28.0. The monoisotopic (exact) mass is 380 g/mol. The Hall–Kier alpha value is -2.66. The summed E-state index contributed by atoms with van der Waals surface area (Å²) >= 11 is 0. The predicted molar refractivity (Wildman–Crippen MR) is 110 cm³/mol. The van der Waals surface area contributed by atoms with E-state index in [1.54, 1.807) is 19.1 Å². The van der Waals surface area contributed by atoms with Gasteiger partial charge in [0.15, 0.2) is 0 Å². The van der Waals surface area contributed by atoms with Gasteiger partial charge in [0.1, 0.15) is 0 Å². The maximum Gasteiger partial charge on any atom is 0.238 e. The molecule has 0 spiro atoms. The zero-order valence-corrected chi connectivity index (χ0v) is 17.0. The highest BCUT2D eigenvalue weighted by Crippen LogP contribution is 2.45. The molecule has 1 aliphatic rings. The van der Waals surface area contributed by atoms with Gasteiger partial charge in [0.05, 0.1) is 11.0 Å². The van der Waals surface area contributed by atoms with Gasteiger partial charge in [0, 0.05) is 32.8 Å². The highest BCUT2D eigenvalue weighted by Gasteiger charge is 2.50. The Morgan fingerprint density at radius 1 is 1.11 bits per heavy atom. The van der Waals surface area contributed by atoms with E-state index >= 15 is 0 Å². The Balaban J connectivity index is 1.95. The van der Waals surface area contributed by atoms with Crippen LogP contribution >= 0.6 is 0 Å². The van der Waals surface area contributed by atoms with Crippen LogP contribution in [0.2, 0.25) is 0 Å². The molecule has 0 aromatic heterocycles. The van der Waals surface area contributed by atoms with Crippen molar-refractivity contribution in [3.63, 3.8) is 0 Å². The van der Waals surface area contributed by atoms with E-state index in [-0.39, 0.29) is 18.2 Å². The van der Waals surface area contributed by atoms with E-state index in [0.717, 1.165) is 16.8 Å². The van der Waals surface area contributed by atoms with Crippen LogP contribution in [0.25, 0.3) is 0 Å². The first-order valence-electron chi connectivity index (χ1n) is 9.52. The van der Waals surface area contributed by atoms with Crippen molar-refractivity contribution in [1.29, 1.82) is 0 Å². The van der Waals surface area contributed by atoms with Crippen LogP contribution in [0, 0.1) is 0 Å². The van der Waals surface area contributed by atoms with E-state index in [0.29, 0.717) is 13.0 Å². The number of methoxy groups -OCH3 is 1. The molecular formula is C23H28N2O3. The second-order valence-corrected chi connectivity index (χ2v) is 8.04. The van der Waals surface area contributed by atoms with Gasteiger partial charge in [0.2, 0.25) is 11.8 Å². The summed E-state index contributed by atoms with van der Waals surface area (Å²) in [5.41, 5.74) is 1.44. The average molecular weight is 380 g/mol. The third kappa shape index (κ3) is 3.80. The summed E-state index contributed by atoms with van der Waals surface area (Å²) in [5.74, 6) is -0.196. The molecule has 2 aromatic rings. The van der Waals surface area contributed by atoms with Crippen molar-refractivity contribution in [2.75, 3.05) is 25.6 Å². The van der Waals surface area contributed by atoms with E-state index in [2.05, 4.69) is 5.32 Å². The van der Waals surface area contributed by atoms with Gasteiger partial charge in [0.25, 0.3) is 0 Å². The first-order chi connectivity index (χ1) is 13.3. The number of hydrogen-bond donors (Lipinski definition) is 1. The summed E-state index contributed by atoms with van der Waals surface area (Å²) in [6.07, 6.45) is 0.580. The van der Waals surface area contributed by atoms with Gasteiger partial charge < -0.3 is 15.0 Å². The van der Waals surface area contributed by atoms with E-state index in [4.69, 9.17) is 4.74 Å². The number of para-hydroxylation sites is 1. The van der Waals surface area contributed by atoms with Crippen LogP contribution in [0.4, 0.5) is 5.69 Å². The smallest absolute Gasteiger partial charge is 0.238 e. The first-order valence-corrected chi connectivity index (χ1v) is 9.52. The molecule has 1 unspecified atom stereocenters. The maximum atomic E-state index is 13.4. The zero-order chi connectivity index (χ0) is 20.4. The Morgan fingerprint density at radius 3 is 2.43 bits per heavy atom. The van der Waals surface area contributed by atoms with Crippen LogP contribution in [0.1, 0.15) is 31.4 Å². The number of likely N-dealkylation sites (N-methyl/N-ethyl adjacent to an activating group) is 1. The molecule has 0 fully saturated rings. The van der Waals surface area contributed by atoms with E-state index in [1.165, 1.54) is 0 Å². The predicted octanol–water partition coefficient (Wildman–Crippen LogP) is 3.07. The molecule has 3 rings (SSSR count). The van der Waals surface area contributed by atoms with Gasteiger partial charge in [-0.1, -0.05) is 48.5 Å². The van der Waals surface area contributed by atoms with Gasteiger partial charge in [-0.25, -0.2) is 0 Å². The molecule has 5 nitrogen and oxygen atoms in total. The summed E-state index contributed by atoms with van der Waals surface area (Å²) in [6, 6.07) is 17.6. The molecule has 0 bridgehead atoms. The lowest BCUT2D eigenvalue weighted by molar-refractivity contribution is -0.130. The van der Waals surface area contributed by atoms with Gasteiger partial charge in [-0.15, -0.1) is 0 Å². The van der Waals surface area contributed by atoms with Gasteiger partial charge in [-0.3, -0.25) is 9.59 Å². The number of anilines is 1. The van der Waals surface area contributed by atoms with Crippen LogP contribution in [0.5, 0.6) is 0 Å². The number of hydrogen-bond acceptors (Lipinski definition) is 3. The van der Waals surface area contributed by atoms with Crippen molar-refractivity contribution in [2.24, 2.45) is 0 Å². The minimum Gasteiger partial charge on any atom is -0.377 e. The van der Waals surface area contributed by atoms with Crippen molar-refractivity contribution >= 4 is 17.5 Å². The number of amides is 2. The maximum absolute atomic E-state index is 13.4. The number of rotatable bonds is 7. The lowest BCUT2D eigenvalue weighted by atomic mass is 9.73. The Labute approximate surface area is 166 Å². The summed E-state index contributed by atoms with van der Waals surface area (Å²) in [7, 11) is 3.40. The van der Waals surface area contributed by atoms with Crippen molar-refractivity contribution < 1.29 is 14.3 Å². The van der Waals surface area contributed by atoms with Crippen LogP contribution in [-0.4, -0.2) is 38.1 Å². The fourth-order valence-electron chi connectivity index (χ4n) is 3.79. The van der Waals surface area contributed by atoms with Gasteiger partial charge in [-0.2, -0.15) is 0 Å². The molecule has 28 heavy (non-hydrogen) atoms. The molecule has 0 saturated carbocycles. The van der Waals surface area contributed by atoms with Crippen LogP contribution in [-0.2, 0) is 26.2 Å². The fourth-order valence-corrected chi connectivity index (χ4v) is 3.79. The second kappa shape index (κ2) is 7.76.